The molecule has 2 aromatic rings. The van der Waals surface area contributed by atoms with Gasteiger partial charge in [0, 0.05) is 26.1 Å². The van der Waals surface area contributed by atoms with E-state index in [0.29, 0.717) is 42.7 Å². The summed E-state index contributed by atoms with van der Waals surface area (Å²) in [6.45, 7) is 1.41. The highest BCUT2D eigenvalue weighted by Crippen LogP contribution is 2.24. The van der Waals surface area contributed by atoms with Gasteiger partial charge in [-0.15, -0.1) is 0 Å². The van der Waals surface area contributed by atoms with Gasteiger partial charge in [-0.05, 0) is 54.7 Å². The van der Waals surface area contributed by atoms with E-state index in [-0.39, 0.29) is 37.2 Å². The van der Waals surface area contributed by atoms with Gasteiger partial charge < -0.3 is 15.3 Å². The molecule has 0 aromatic heterocycles. The number of aliphatic hydroxyl groups excluding tert-OH is 1. The fraction of sp³-hybridized carbons (Fsp3) is 0.381. The zero-order chi connectivity index (χ0) is 20.1. The van der Waals surface area contributed by atoms with Crippen molar-refractivity contribution in [3.63, 3.8) is 0 Å². The molecule has 0 bridgehead atoms. The summed E-state index contributed by atoms with van der Waals surface area (Å²) < 4.78 is 40.5. The Bertz CT molecular complexity index is 836. The first-order valence-corrected chi connectivity index (χ1v) is 9.34. The number of rotatable bonds is 6. The number of anilines is 1. The molecular weight excluding hydrogens is 369 g/mol. The second kappa shape index (κ2) is 9.10. The maximum atomic E-state index is 14.4. The average Bonchev–Trinajstić information content (AvgIpc) is 2.68. The third kappa shape index (κ3) is 5.25. The minimum Gasteiger partial charge on any atom is -0.393 e. The third-order valence-corrected chi connectivity index (χ3v) is 4.93. The molecule has 0 saturated carbocycles. The molecule has 28 heavy (non-hydrogen) atoms. The van der Waals surface area contributed by atoms with Crippen molar-refractivity contribution in [1.29, 1.82) is 0 Å². The van der Waals surface area contributed by atoms with Crippen molar-refractivity contribution in [2.45, 2.75) is 38.3 Å². The number of piperidine rings is 1. The Balaban J connectivity index is 1.49. The van der Waals surface area contributed by atoms with Crippen molar-refractivity contribution in [1.82, 2.24) is 5.32 Å². The molecule has 3 rings (SSSR count). The van der Waals surface area contributed by atoms with Gasteiger partial charge in [-0.2, -0.15) is 0 Å². The molecule has 2 aromatic carbocycles. The molecule has 7 heteroatoms. The smallest absolute Gasteiger partial charge is 0.220 e. The highest BCUT2D eigenvalue weighted by atomic mass is 19.2. The maximum absolute atomic E-state index is 14.4. The second-order valence-electron chi connectivity index (χ2n) is 7.03. The Labute approximate surface area is 162 Å². The lowest BCUT2D eigenvalue weighted by Crippen LogP contribution is -2.36. The van der Waals surface area contributed by atoms with Gasteiger partial charge in [0.25, 0.3) is 0 Å². The predicted octanol–water partition coefficient (Wildman–Crippen LogP) is 3.31. The topological polar surface area (TPSA) is 52.6 Å². The van der Waals surface area contributed by atoms with Crippen LogP contribution in [0.25, 0.3) is 0 Å². The molecule has 1 fully saturated rings. The molecule has 0 radical (unpaired) electrons. The SMILES string of the molecule is O=C(CCc1ccc(F)c(F)c1)NCc1ccc(N2CCC(O)CC2)c(F)c1. The second-order valence-corrected chi connectivity index (χ2v) is 7.03. The zero-order valence-corrected chi connectivity index (χ0v) is 15.4. The summed E-state index contributed by atoms with van der Waals surface area (Å²) in [5.74, 6) is -2.46. The van der Waals surface area contributed by atoms with Gasteiger partial charge in [-0.3, -0.25) is 4.79 Å². The van der Waals surface area contributed by atoms with Gasteiger partial charge in [-0.1, -0.05) is 12.1 Å². The number of carbonyl (C=O) groups is 1. The molecule has 2 N–H and O–H groups in total. The fourth-order valence-corrected chi connectivity index (χ4v) is 3.27. The zero-order valence-electron chi connectivity index (χ0n) is 15.4. The molecule has 0 atom stereocenters. The van der Waals surface area contributed by atoms with E-state index in [1.54, 1.807) is 12.1 Å². The van der Waals surface area contributed by atoms with Gasteiger partial charge in [-0.25, -0.2) is 13.2 Å². The Hall–Kier alpha value is -2.54. The van der Waals surface area contributed by atoms with Crippen LogP contribution >= 0.6 is 0 Å². The van der Waals surface area contributed by atoms with Crippen LogP contribution in [0.4, 0.5) is 18.9 Å². The van der Waals surface area contributed by atoms with Gasteiger partial charge >= 0.3 is 0 Å². The summed E-state index contributed by atoms with van der Waals surface area (Å²) in [5, 5.41) is 12.3. The quantitative estimate of drug-likeness (QED) is 0.793. The molecular formula is C21H23F3N2O2. The molecule has 150 valence electrons. The maximum Gasteiger partial charge on any atom is 0.220 e. The minimum absolute atomic E-state index is 0.127. The van der Waals surface area contributed by atoms with Crippen LogP contribution in [-0.4, -0.2) is 30.2 Å². The lowest BCUT2D eigenvalue weighted by molar-refractivity contribution is -0.121. The summed E-state index contributed by atoms with van der Waals surface area (Å²) in [5.41, 5.74) is 1.68. The number of amides is 1. The molecule has 1 amide bonds. The van der Waals surface area contributed by atoms with Crippen molar-refractivity contribution in [2.24, 2.45) is 0 Å². The molecule has 1 aliphatic rings. The van der Waals surface area contributed by atoms with Crippen LogP contribution in [0.15, 0.2) is 36.4 Å². The number of nitrogens with zero attached hydrogens (tertiary/aromatic N) is 1. The van der Waals surface area contributed by atoms with Crippen molar-refractivity contribution in [2.75, 3.05) is 18.0 Å². The normalized spacial score (nSPS) is 14.9. The number of aryl methyl sites for hydroxylation is 1. The lowest BCUT2D eigenvalue weighted by atomic mass is 10.1. The third-order valence-electron chi connectivity index (χ3n) is 4.93. The van der Waals surface area contributed by atoms with Gasteiger partial charge in [0.15, 0.2) is 11.6 Å². The number of nitrogens with one attached hydrogen (secondary N) is 1. The summed E-state index contributed by atoms with van der Waals surface area (Å²) in [6, 6.07) is 8.41. The van der Waals surface area contributed by atoms with E-state index in [1.165, 1.54) is 12.1 Å². The fourth-order valence-electron chi connectivity index (χ4n) is 3.27. The van der Waals surface area contributed by atoms with E-state index in [2.05, 4.69) is 5.32 Å². The number of aliphatic hydroxyl groups is 1. The molecule has 0 aliphatic carbocycles. The van der Waals surface area contributed by atoms with Crippen LogP contribution in [0.5, 0.6) is 0 Å². The van der Waals surface area contributed by atoms with E-state index in [0.717, 1.165) is 12.1 Å². The van der Waals surface area contributed by atoms with E-state index in [9.17, 15) is 23.1 Å². The standard InChI is InChI=1S/C21H23F3N2O2/c22-17-4-1-14(11-18(17)23)3-6-21(28)25-13-15-2-5-20(19(24)12-15)26-9-7-16(27)8-10-26/h1-2,4-5,11-12,16,27H,3,6-10,13H2,(H,25,28). The van der Waals surface area contributed by atoms with Crippen LogP contribution in [0.1, 0.15) is 30.4 Å². The summed E-state index contributed by atoms with van der Waals surface area (Å²) in [6.07, 6.45) is 1.34. The van der Waals surface area contributed by atoms with E-state index in [4.69, 9.17) is 0 Å². The molecule has 1 aliphatic heterocycles. The van der Waals surface area contributed by atoms with Gasteiger partial charge in [0.1, 0.15) is 5.82 Å². The van der Waals surface area contributed by atoms with Crippen molar-refractivity contribution < 1.29 is 23.1 Å². The molecule has 0 spiro atoms. The van der Waals surface area contributed by atoms with Crippen LogP contribution in [-0.2, 0) is 17.8 Å². The van der Waals surface area contributed by atoms with Crippen molar-refractivity contribution in [3.05, 3.63) is 65.0 Å². The van der Waals surface area contributed by atoms with Crippen LogP contribution in [0.2, 0.25) is 0 Å². The Kier molecular flexibility index (Phi) is 6.57. The van der Waals surface area contributed by atoms with Gasteiger partial charge in [0.2, 0.25) is 5.91 Å². The highest BCUT2D eigenvalue weighted by molar-refractivity contribution is 5.76. The monoisotopic (exact) mass is 392 g/mol. The predicted molar refractivity (Wildman–Crippen MR) is 100 cm³/mol. The first-order valence-electron chi connectivity index (χ1n) is 9.34. The highest BCUT2D eigenvalue weighted by Gasteiger charge is 2.19. The molecule has 1 saturated heterocycles. The van der Waals surface area contributed by atoms with E-state index in [1.807, 2.05) is 4.90 Å². The van der Waals surface area contributed by atoms with Crippen LogP contribution in [0, 0.1) is 17.5 Å². The number of hydrogen-bond donors (Lipinski definition) is 2. The minimum atomic E-state index is -0.934. The van der Waals surface area contributed by atoms with Crippen molar-refractivity contribution >= 4 is 11.6 Å². The van der Waals surface area contributed by atoms with Crippen LogP contribution < -0.4 is 10.2 Å². The molecule has 1 heterocycles. The Morgan fingerprint density at radius 3 is 2.36 bits per heavy atom. The Morgan fingerprint density at radius 2 is 1.68 bits per heavy atom. The average molecular weight is 392 g/mol. The first-order chi connectivity index (χ1) is 13.4. The largest absolute Gasteiger partial charge is 0.393 e. The lowest BCUT2D eigenvalue weighted by Gasteiger charge is -2.31. The van der Waals surface area contributed by atoms with E-state index < -0.39 is 11.6 Å². The summed E-state index contributed by atoms with van der Waals surface area (Å²) in [4.78, 5) is 13.9. The number of hydrogen-bond acceptors (Lipinski definition) is 3. The van der Waals surface area contributed by atoms with E-state index >= 15 is 0 Å². The molecule has 4 nitrogen and oxygen atoms in total. The summed E-state index contributed by atoms with van der Waals surface area (Å²) >= 11 is 0. The summed E-state index contributed by atoms with van der Waals surface area (Å²) in [7, 11) is 0. The Morgan fingerprint density at radius 1 is 1.00 bits per heavy atom. The van der Waals surface area contributed by atoms with Crippen molar-refractivity contribution in [3.8, 4) is 0 Å². The molecule has 0 unspecified atom stereocenters. The van der Waals surface area contributed by atoms with Gasteiger partial charge in [0.05, 0.1) is 11.8 Å². The number of halogens is 3. The van der Waals surface area contributed by atoms with Crippen LogP contribution in [0.3, 0.4) is 0 Å². The number of carbonyl (C=O) groups excluding carboxylic acids is 1. The first kappa shape index (κ1) is 20.2. The number of benzene rings is 2.